The van der Waals surface area contributed by atoms with Crippen LogP contribution >= 0.6 is 27.3 Å². The van der Waals surface area contributed by atoms with E-state index in [0.29, 0.717) is 10.7 Å². The molecule has 0 aliphatic heterocycles. The van der Waals surface area contributed by atoms with E-state index in [2.05, 4.69) is 20.7 Å². The molecule has 0 amide bonds. The van der Waals surface area contributed by atoms with Crippen LogP contribution in [0.3, 0.4) is 0 Å². The lowest BCUT2D eigenvalue weighted by Crippen LogP contribution is -2.26. The second-order valence-electron chi connectivity index (χ2n) is 4.26. The molecule has 0 aliphatic rings. The Morgan fingerprint density at radius 2 is 2.05 bits per heavy atom. The van der Waals surface area contributed by atoms with Crippen LogP contribution in [-0.2, 0) is 10.0 Å². The first-order chi connectivity index (χ1) is 8.79. The van der Waals surface area contributed by atoms with Gasteiger partial charge in [-0.15, -0.1) is 11.3 Å². The monoisotopic (exact) mass is 363 g/mol. The minimum Gasteiger partial charge on any atom is -0.465 e. The maximum atomic E-state index is 12.3. The molecule has 1 atom stereocenters. The molecular weight excluding hydrogens is 350 g/mol. The summed E-state index contributed by atoms with van der Waals surface area (Å²) in [6, 6.07) is 4.80. The van der Waals surface area contributed by atoms with Crippen molar-refractivity contribution in [2.24, 2.45) is 0 Å². The molecule has 7 heteroatoms. The van der Waals surface area contributed by atoms with E-state index < -0.39 is 16.1 Å². The molecule has 0 bridgehead atoms. The molecule has 1 unspecified atom stereocenters. The molecule has 4 nitrogen and oxygen atoms in total. The van der Waals surface area contributed by atoms with Gasteiger partial charge >= 0.3 is 0 Å². The predicted octanol–water partition coefficient (Wildman–Crippen LogP) is 3.76. The maximum absolute atomic E-state index is 12.3. The predicted molar refractivity (Wildman–Crippen MR) is 78.9 cm³/mol. The largest absolute Gasteiger partial charge is 0.465 e. The van der Waals surface area contributed by atoms with Crippen LogP contribution in [0.2, 0.25) is 0 Å². The van der Waals surface area contributed by atoms with Crippen molar-refractivity contribution in [2.75, 3.05) is 0 Å². The van der Waals surface area contributed by atoms with Gasteiger partial charge < -0.3 is 4.42 Å². The van der Waals surface area contributed by atoms with Gasteiger partial charge in [-0.05, 0) is 54.9 Å². The van der Waals surface area contributed by atoms with Crippen LogP contribution in [-0.4, -0.2) is 8.42 Å². The summed E-state index contributed by atoms with van der Waals surface area (Å²) in [5.74, 6) is 1.36. The maximum Gasteiger partial charge on any atom is 0.242 e. The SMILES string of the molecule is Cc1ccc(C(C)NS(=O)(=O)c2cc(Br)sc2C)o1. The van der Waals surface area contributed by atoms with E-state index in [-0.39, 0.29) is 0 Å². The summed E-state index contributed by atoms with van der Waals surface area (Å²) in [6.07, 6.45) is 0. The normalized spacial score (nSPS) is 13.7. The van der Waals surface area contributed by atoms with Crippen molar-refractivity contribution in [2.45, 2.75) is 31.7 Å². The third-order valence-electron chi connectivity index (χ3n) is 2.65. The molecule has 104 valence electrons. The number of thiophene rings is 1. The molecule has 0 aliphatic carbocycles. The number of hydrogen-bond donors (Lipinski definition) is 1. The van der Waals surface area contributed by atoms with Gasteiger partial charge in [0.05, 0.1) is 14.7 Å². The van der Waals surface area contributed by atoms with E-state index in [1.165, 1.54) is 11.3 Å². The van der Waals surface area contributed by atoms with Crippen molar-refractivity contribution < 1.29 is 12.8 Å². The van der Waals surface area contributed by atoms with Crippen LogP contribution in [0.1, 0.15) is 29.4 Å². The lowest BCUT2D eigenvalue weighted by atomic mass is 10.3. The average Bonchev–Trinajstić information content (AvgIpc) is 2.84. The molecule has 0 saturated carbocycles. The number of rotatable bonds is 4. The Labute approximate surface area is 125 Å². The minimum absolute atomic E-state index is 0.305. The second kappa shape index (κ2) is 5.40. The van der Waals surface area contributed by atoms with Gasteiger partial charge in [0, 0.05) is 4.88 Å². The van der Waals surface area contributed by atoms with Gasteiger partial charge in [-0.3, -0.25) is 0 Å². The van der Waals surface area contributed by atoms with Crippen LogP contribution in [0.4, 0.5) is 0 Å². The third kappa shape index (κ3) is 3.28. The van der Waals surface area contributed by atoms with Crippen LogP contribution in [0.25, 0.3) is 0 Å². The van der Waals surface area contributed by atoms with Crippen LogP contribution < -0.4 is 4.72 Å². The summed E-state index contributed by atoms with van der Waals surface area (Å²) in [5.41, 5.74) is 0. The number of aryl methyl sites for hydroxylation is 2. The van der Waals surface area contributed by atoms with Crippen LogP contribution in [0.15, 0.2) is 31.3 Å². The van der Waals surface area contributed by atoms with Gasteiger partial charge in [0.1, 0.15) is 11.5 Å². The Bertz CT molecular complexity index is 688. The number of halogens is 1. The first-order valence-electron chi connectivity index (χ1n) is 5.64. The van der Waals surface area contributed by atoms with E-state index in [1.807, 2.05) is 13.0 Å². The summed E-state index contributed by atoms with van der Waals surface area (Å²) < 4.78 is 33.4. The number of nitrogens with one attached hydrogen (secondary N) is 1. The molecule has 0 aromatic carbocycles. The fourth-order valence-electron chi connectivity index (χ4n) is 1.74. The highest BCUT2D eigenvalue weighted by molar-refractivity contribution is 9.11. The second-order valence-corrected chi connectivity index (χ2v) is 8.58. The van der Waals surface area contributed by atoms with Crippen molar-refractivity contribution in [3.05, 3.63) is 38.4 Å². The Kier molecular flexibility index (Phi) is 4.20. The van der Waals surface area contributed by atoms with E-state index in [9.17, 15) is 8.42 Å². The summed E-state index contributed by atoms with van der Waals surface area (Å²) >= 11 is 4.69. The van der Waals surface area contributed by atoms with Crippen molar-refractivity contribution in [3.63, 3.8) is 0 Å². The zero-order chi connectivity index (χ0) is 14.2. The molecule has 2 heterocycles. The van der Waals surface area contributed by atoms with Gasteiger partial charge in [-0.1, -0.05) is 0 Å². The fourth-order valence-corrected chi connectivity index (χ4v) is 5.36. The zero-order valence-corrected chi connectivity index (χ0v) is 13.9. The van der Waals surface area contributed by atoms with E-state index in [0.717, 1.165) is 14.4 Å². The smallest absolute Gasteiger partial charge is 0.242 e. The lowest BCUT2D eigenvalue weighted by molar-refractivity contribution is 0.441. The third-order valence-corrected chi connectivity index (χ3v) is 6.00. The highest BCUT2D eigenvalue weighted by Gasteiger charge is 2.23. The molecule has 2 rings (SSSR count). The average molecular weight is 364 g/mol. The molecule has 2 aromatic rings. The standard InChI is InChI=1S/C12H14BrNO3S2/c1-7-4-5-10(17-7)8(2)14-19(15,16)11-6-12(13)18-9(11)3/h4-6,8,14H,1-3H3. The summed E-state index contributed by atoms with van der Waals surface area (Å²) in [5, 5.41) is 0. The Morgan fingerprint density at radius 3 is 2.53 bits per heavy atom. The molecule has 1 N–H and O–H groups in total. The molecule has 0 spiro atoms. The lowest BCUT2D eigenvalue weighted by Gasteiger charge is -2.11. The van der Waals surface area contributed by atoms with Crippen LogP contribution in [0, 0.1) is 13.8 Å². The molecule has 2 aromatic heterocycles. The first kappa shape index (κ1) is 14.8. The number of sulfonamides is 1. The Hall–Kier alpha value is -0.630. The van der Waals surface area contributed by atoms with Gasteiger partial charge in [0.15, 0.2) is 0 Å². The van der Waals surface area contributed by atoms with Gasteiger partial charge in [-0.25, -0.2) is 13.1 Å². The van der Waals surface area contributed by atoms with Crippen molar-refractivity contribution in [3.8, 4) is 0 Å². The molecule has 0 fully saturated rings. The zero-order valence-electron chi connectivity index (χ0n) is 10.7. The molecular formula is C12H14BrNO3S2. The van der Waals surface area contributed by atoms with Crippen molar-refractivity contribution in [1.29, 1.82) is 0 Å². The Balaban J connectivity index is 2.24. The molecule has 0 saturated heterocycles. The summed E-state index contributed by atoms with van der Waals surface area (Å²) in [4.78, 5) is 1.06. The van der Waals surface area contributed by atoms with Gasteiger partial charge in [0.25, 0.3) is 0 Å². The topological polar surface area (TPSA) is 59.3 Å². The van der Waals surface area contributed by atoms with E-state index in [4.69, 9.17) is 4.42 Å². The molecule has 0 radical (unpaired) electrons. The molecule has 19 heavy (non-hydrogen) atoms. The van der Waals surface area contributed by atoms with Crippen LogP contribution in [0.5, 0.6) is 0 Å². The van der Waals surface area contributed by atoms with Crippen molar-refractivity contribution in [1.82, 2.24) is 4.72 Å². The van der Waals surface area contributed by atoms with E-state index >= 15 is 0 Å². The summed E-state index contributed by atoms with van der Waals surface area (Å²) in [7, 11) is -3.54. The van der Waals surface area contributed by atoms with Gasteiger partial charge in [-0.2, -0.15) is 0 Å². The quantitative estimate of drug-likeness (QED) is 0.899. The highest BCUT2D eigenvalue weighted by Crippen LogP contribution is 2.30. The Morgan fingerprint density at radius 1 is 1.37 bits per heavy atom. The van der Waals surface area contributed by atoms with Gasteiger partial charge in [0.2, 0.25) is 10.0 Å². The van der Waals surface area contributed by atoms with E-state index in [1.54, 1.807) is 26.0 Å². The highest BCUT2D eigenvalue weighted by atomic mass is 79.9. The fraction of sp³-hybridized carbons (Fsp3) is 0.333. The van der Waals surface area contributed by atoms with Crippen molar-refractivity contribution >= 4 is 37.3 Å². The number of hydrogen-bond acceptors (Lipinski definition) is 4. The minimum atomic E-state index is -3.54. The first-order valence-corrected chi connectivity index (χ1v) is 8.73. The number of furan rings is 1. The summed E-state index contributed by atoms with van der Waals surface area (Å²) in [6.45, 7) is 5.36.